The molecule has 1 amide bonds. The van der Waals surface area contributed by atoms with Gasteiger partial charge in [0, 0.05) is 5.56 Å². The van der Waals surface area contributed by atoms with Crippen LogP contribution in [0.2, 0.25) is 0 Å². The first-order chi connectivity index (χ1) is 6.24. The van der Waals surface area contributed by atoms with E-state index in [9.17, 15) is 4.79 Å². The van der Waals surface area contributed by atoms with Gasteiger partial charge < -0.3 is 9.47 Å². The van der Waals surface area contributed by atoms with E-state index in [1.54, 1.807) is 19.2 Å². The summed E-state index contributed by atoms with van der Waals surface area (Å²) in [6, 6.07) is 7.19. The Kier molecular flexibility index (Phi) is 3.14. The predicted molar refractivity (Wildman–Crippen MR) is 46.3 cm³/mol. The maximum Gasteiger partial charge on any atom is 0.426 e. The zero-order valence-electron chi connectivity index (χ0n) is 7.24. The van der Waals surface area contributed by atoms with Crippen molar-refractivity contribution in [2.75, 3.05) is 7.11 Å². The highest BCUT2D eigenvalue weighted by Gasteiger charge is 2.03. The standard InChI is InChI=1S/C9H10NO3/c1-12-8-5-3-2-4-7(8)6-13-9(10)11/h2-5,10H,6H2,1H3. The predicted octanol–water partition coefficient (Wildman–Crippen LogP) is 1.61. The molecule has 1 aromatic rings. The molecule has 69 valence electrons. The maximum absolute atomic E-state index is 10.2. The summed E-state index contributed by atoms with van der Waals surface area (Å²) in [5.74, 6) is 0.656. The molecular formula is C9H10NO3. The summed E-state index contributed by atoms with van der Waals surface area (Å²) in [6.45, 7) is 0.0757. The lowest BCUT2D eigenvalue weighted by atomic mass is 10.2. The molecule has 1 rings (SSSR count). The molecule has 1 radical (unpaired) electrons. The Hall–Kier alpha value is -1.71. The fourth-order valence-electron chi connectivity index (χ4n) is 0.966. The number of benzene rings is 1. The van der Waals surface area contributed by atoms with Crippen molar-refractivity contribution >= 4 is 6.09 Å². The summed E-state index contributed by atoms with van der Waals surface area (Å²) in [6.07, 6.45) is -1.04. The van der Waals surface area contributed by atoms with Gasteiger partial charge in [-0.1, -0.05) is 18.2 Å². The van der Waals surface area contributed by atoms with Crippen LogP contribution in [0.4, 0.5) is 4.79 Å². The average Bonchev–Trinajstić information content (AvgIpc) is 2.15. The molecule has 4 heteroatoms. The highest BCUT2D eigenvalue weighted by atomic mass is 16.5. The van der Waals surface area contributed by atoms with Crippen LogP contribution in [0, 0.1) is 0 Å². The molecule has 0 aliphatic carbocycles. The summed E-state index contributed by atoms with van der Waals surface area (Å²) < 4.78 is 9.54. The first kappa shape index (κ1) is 9.38. The number of ether oxygens (including phenoxy) is 2. The molecule has 0 aliphatic rings. The Morgan fingerprint density at radius 1 is 1.46 bits per heavy atom. The number of para-hydroxylation sites is 1. The van der Waals surface area contributed by atoms with Crippen molar-refractivity contribution in [1.82, 2.24) is 5.73 Å². The van der Waals surface area contributed by atoms with Crippen LogP contribution in [0.1, 0.15) is 5.56 Å². The van der Waals surface area contributed by atoms with E-state index in [1.165, 1.54) is 0 Å². The van der Waals surface area contributed by atoms with Crippen molar-refractivity contribution in [3.8, 4) is 5.75 Å². The zero-order valence-corrected chi connectivity index (χ0v) is 7.24. The molecule has 0 saturated carbocycles. The second-order valence-corrected chi connectivity index (χ2v) is 2.39. The number of carbonyl (C=O) groups excluding carboxylic acids is 1. The quantitative estimate of drug-likeness (QED) is 0.710. The van der Waals surface area contributed by atoms with Gasteiger partial charge in [0.2, 0.25) is 0 Å². The van der Waals surface area contributed by atoms with Crippen LogP contribution in [0.5, 0.6) is 5.75 Å². The normalized spacial score (nSPS) is 9.31. The third-order valence-corrected chi connectivity index (χ3v) is 1.55. The first-order valence-corrected chi connectivity index (χ1v) is 3.74. The molecule has 0 unspecified atom stereocenters. The number of rotatable bonds is 3. The Balaban J connectivity index is 2.69. The summed E-state index contributed by atoms with van der Waals surface area (Å²) in [7, 11) is 1.54. The van der Waals surface area contributed by atoms with Crippen LogP contribution in [-0.4, -0.2) is 13.2 Å². The SMILES string of the molecule is COc1ccccc1COC([NH])=O. The minimum atomic E-state index is -1.04. The van der Waals surface area contributed by atoms with Crippen LogP contribution in [-0.2, 0) is 11.3 Å². The van der Waals surface area contributed by atoms with E-state index in [1.807, 2.05) is 12.1 Å². The van der Waals surface area contributed by atoms with E-state index in [0.29, 0.717) is 5.75 Å². The molecule has 0 bridgehead atoms. The monoisotopic (exact) mass is 180 g/mol. The lowest BCUT2D eigenvalue weighted by Gasteiger charge is -2.06. The van der Waals surface area contributed by atoms with Gasteiger partial charge in [0.15, 0.2) is 0 Å². The van der Waals surface area contributed by atoms with E-state index < -0.39 is 6.09 Å². The van der Waals surface area contributed by atoms with Crippen molar-refractivity contribution in [1.29, 1.82) is 0 Å². The van der Waals surface area contributed by atoms with Crippen LogP contribution in [0.15, 0.2) is 24.3 Å². The first-order valence-electron chi connectivity index (χ1n) is 3.74. The van der Waals surface area contributed by atoms with Gasteiger partial charge in [0.25, 0.3) is 0 Å². The molecule has 0 heterocycles. The van der Waals surface area contributed by atoms with Gasteiger partial charge in [0.1, 0.15) is 12.4 Å². The molecule has 0 atom stereocenters. The third kappa shape index (κ3) is 2.66. The van der Waals surface area contributed by atoms with Gasteiger partial charge in [0.05, 0.1) is 7.11 Å². The van der Waals surface area contributed by atoms with Crippen molar-refractivity contribution in [3.63, 3.8) is 0 Å². The number of amides is 1. The number of methoxy groups -OCH3 is 1. The lowest BCUT2D eigenvalue weighted by molar-refractivity contribution is 0.147. The van der Waals surface area contributed by atoms with Crippen molar-refractivity contribution in [2.45, 2.75) is 6.61 Å². The van der Waals surface area contributed by atoms with Gasteiger partial charge >= 0.3 is 6.09 Å². The molecule has 0 saturated heterocycles. The number of carbonyl (C=O) groups is 1. The van der Waals surface area contributed by atoms with Crippen LogP contribution in [0.3, 0.4) is 0 Å². The minimum Gasteiger partial charge on any atom is -0.496 e. The van der Waals surface area contributed by atoms with E-state index >= 15 is 0 Å². The van der Waals surface area contributed by atoms with Crippen molar-refractivity contribution < 1.29 is 14.3 Å². The van der Waals surface area contributed by atoms with Gasteiger partial charge in [-0.2, -0.15) is 0 Å². The molecule has 4 nitrogen and oxygen atoms in total. The third-order valence-electron chi connectivity index (χ3n) is 1.55. The van der Waals surface area contributed by atoms with E-state index in [4.69, 9.17) is 10.5 Å². The summed E-state index contributed by atoms with van der Waals surface area (Å²) in [5, 5.41) is 0. The van der Waals surface area contributed by atoms with Crippen LogP contribution >= 0.6 is 0 Å². The van der Waals surface area contributed by atoms with Gasteiger partial charge in [-0.15, -0.1) is 0 Å². The molecule has 13 heavy (non-hydrogen) atoms. The number of hydrogen-bond acceptors (Lipinski definition) is 3. The lowest BCUT2D eigenvalue weighted by Crippen LogP contribution is -2.03. The number of nitrogens with one attached hydrogen (secondary N) is 1. The topological polar surface area (TPSA) is 59.3 Å². The minimum absolute atomic E-state index is 0.0757. The molecule has 0 aliphatic heterocycles. The maximum atomic E-state index is 10.2. The van der Waals surface area contributed by atoms with Crippen molar-refractivity contribution in [2.24, 2.45) is 0 Å². The molecule has 0 spiro atoms. The fraction of sp³-hybridized carbons (Fsp3) is 0.222. The average molecular weight is 180 g/mol. The molecule has 0 aromatic heterocycles. The summed E-state index contributed by atoms with van der Waals surface area (Å²) in [4.78, 5) is 10.2. The fourth-order valence-corrected chi connectivity index (χ4v) is 0.966. The van der Waals surface area contributed by atoms with E-state index in [-0.39, 0.29) is 6.61 Å². The van der Waals surface area contributed by atoms with E-state index in [0.717, 1.165) is 5.56 Å². The van der Waals surface area contributed by atoms with Gasteiger partial charge in [-0.05, 0) is 6.07 Å². The van der Waals surface area contributed by atoms with Crippen LogP contribution < -0.4 is 10.5 Å². The second-order valence-electron chi connectivity index (χ2n) is 2.39. The Morgan fingerprint density at radius 2 is 2.15 bits per heavy atom. The molecular weight excluding hydrogens is 170 g/mol. The second kappa shape index (κ2) is 4.35. The highest BCUT2D eigenvalue weighted by Crippen LogP contribution is 2.17. The number of hydrogen-bond donors (Lipinski definition) is 0. The molecule has 0 fully saturated rings. The smallest absolute Gasteiger partial charge is 0.426 e. The van der Waals surface area contributed by atoms with E-state index in [2.05, 4.69) is 4.74 Å². The highest BCUT2D eigenvalue weighted by molar-refractivity contribution is 5.63. The Morgan fingerprint density at radius 3 is 2.77 bits per heavy atom. The molecule has 1 N–H and O–H groups in total. The molecule has 1 aromatic carbocycles. The van der Waals surface area contributed by atoms with Crippen LogP contribution in [0.25, 0.3) is 0 Å². The largest absolute Gasteiger partial charge is 0.496 e. The zero-order chi connectivity index (χ0) is 9.68. The van der Waals surface area contributed by atoms with Crippen molar-refractivity contribution in [3.05, 3.63) is 29.8 Å². The Labute approximate surface area is 76.3 Å². The summed E-state index contributed by atoms with van der Waals surface area (Å²) >= 11 is 0. The van der Waals surface area contributed by atoms with Gasteiger partial charge in [-0.25, -0.2) is 10.5 Å². The van der Waals surface area contributed by atoms with Gasteiger partial charge in [-0.3, -0.25) is 0 Å². The summed E-state index contributed by atoms with van der Waals surface area (Å²) in [5.41, 5.74) is 7.31. The Bertz CT molecular complexity index is 299.